The van der Waals surface area contributed by atoms with Gasteiger partial charge in [-0.1, -0.05) is 72.8 Å². The summed E-state index contributed by atoms with van der Waals surface area (Å²) in [6, 6.07) is 36.5. The van der Waals surface area contributed by atoms with E-state index in [2.05, 4.69) is 82.7 Å². The molecule has 6 heteroatoms. The molecule has 0 radical (unpaired) electrons. The van der Waals surface area contributed by atoms with Crippen molar-refractivity contribution in [3.63, 3.8) is 0 Å². The van der Waals surface area contributed by atoms with E-state index < -0.39 is 5.41 Å². The lowest BCUT2D eigenvalue weighted by molar-refractivity contribution is 0.0989. The Kier molecular flexibility index (Phi) is 5.02. The predicted octanol–water partition coefficient (Wildman–Crippen LogP) is 7.48. The molecule has 6 nitrogen and oxygen atoms in total. The lowest BCUT2D eigenvalue weighted by atomic mass is 9.67. The average Bonchev–Trinajstić information content (AvgIpc) is 3.51. The fourth-order valence-corrected chi connectivity index (χ4v) is 7.20. The maximum absolute atomic E-state index is 13.3. The molecule has 0 N–H and O–H groups in total. The van der Waals surface area contributed by atoms with Gasteiger partial charge in [0, 0.05) is 24.3 Å². The van der Waals surface area contributed by atoms with Crippen LogP contribution in [-0.2, 0) is 5.41 Å². The van der Waals surface area contributed by atoms with Crippen LogP contribution >= 0.6 is 0 Å². The third-order valence-electron chi connectivity index (χ3n) is 8.95. The second kappa shape index (κ2) is 8.99. The van der Waals surface area contributed by atoms with Gasteiger partial charge in [0.05, 0.1) is 22.2 Å². The standard InChI is InChI=1S/C38H22N4O2/c43-34-27-13-8-18-39-33(27)35(44)28(34)21-23-16-17-32-31(22-23)38(29-14-6-4-11-25(29)26-12-5-7-15-30(26)38)36-37(41-20-19-40-36)42(32)24-9-2-1-3-10-24/h1-22H/b28-21-. The predicted molar refractivity (Wildman–Crippen MR) is 168 cm³/mol. The number of aromatic nitrogens is 3. The van der Waals surface area contributed by atoms with Crippen LogP contribution in [0.25, 0.3) is 17.2 Å². The molecule has 0 saturated carbocycles. The summed E-state index contributed by atoms with van der Waals surface area (Å²) in [4.78, 5) is 43.0. The van der Waals surface area contributed by atoms with Gasteiger partial charge in [-0.15, -0.1) is 0 Å². The van der Waals surface area contributed by atoms with Gasteiger partial charge < -0.3 is 0 Å². The van der Waals surface area contributed by atoms with Gasteiger partial charge >= 0.3 is 0 Å². The van der Waals surface area contributed by atoms with Crippen molar-refractivity contribution >= 4 is 34.8 Å². The van der Waals surface area contributed by atoms with Crippen LogP contribution in [0.1, 0.15) is 48.8 Å². The number of Topliss-reactive ketones (excluding diaryl/α,β-unsaturated/α-hetero) is 2. The fraction of sp³-hybridized carbons (Fsp3) is 0.0263. The molecule has 2 aliphatic carbocycles. The number of para-hydroxylation sites is 1. The van der Waals surface area contributed by atoms with Crippen LogP contribution in [0.4, 0.5) is 17.2 Å². The highest BCUT2D eigenvalue weighted by Gasteiger charge is 2.53. The van der Waals surface area contributed by atoms with Crippen LogP contribution in [0.5, 0.6) is 0 Å². The van der Waals surface area contributed by atoms with Crippen molar-refractivity contribution in [1.82, 2.24) is 15.0 Å². The topological polar surface area (TPSA) is 76.1 Å². The molecule has 1 spiro atoms. The van der Waals surface area contributed by atoms with E-state index in [4.69, 9.17) is 9.97 Å². The Morgan fingerprint density at radius 2 is 1.27 bits per heavy atom. The van der Waals surface area contributed by atoms with Crippen LogP contribution in [-0.4, -0.2) is 26.5 Å². The molecule has 1 aliphatic heterocycles. The molecular formula is C38H22N4O2. The minimum absolute atomic E-state index is 0.121. The number of benzene rings is 4. The molecule has 4 aromatic carbocycles. The number of fused-ring (bicyclic) bond motifs is 10. The van der Waals surface area contributed by atoms with Gasteiger partial charge in [0.25, 0.3) is 0 Å². The van der Waals surface area contributed by atoms with Crippen LogP contribution in [0.3, 0.4) is 0 Å². The number of hydrogen-bond donors (Lipinski definition) is 0. The summed E-state index contributed by atoms with van der Waals surface area (Å²) in [5.41, 5.74) is 8.88. The zero-order valence-electron chi connectivity index (χ0n) is 23.3. The van der Waals surface area contributed by atoms with Gasteiger partial charge in [-0.2, -0.15) is 0 Å². The molecule has 2 aromatic heterocycles. The van der Waals surface area contributed by atoms with Crippen molar-refractivity contribution in [3.05, 3.63) is 173 Å². The number of allylic oxidation sites excluding steroid dienone is 1. The third kappa shape index (κ3) is 3.11. The zero-order valence-corrected chi connectivity index (χ0v) is 23.3. The number of carbonyl (C=O) groups is 2. The monoisotopic (exact) mass is 566 g/mol. The number of anilines is 3. The van der Waals surface area contributed by atoms with Crippen molar-refractivity contribution < 1.29 is 9.59 Å². The highest BCUT2D eigenvalue weighted by atomic mass is 16.2. The Morgan fingerprint density at radius 1 is 0.591 bits per heavy atom. The first-order valence-electron chi connectivity index (χ1n) is 14.4. The Morgan fingerprint density at radius 3 is 2.02 bits per heavy atom. The molecule has 0 fully saturated rings. The van der Waals surface area contributed by atoms with Gasteiger partial charge in [-0.05, 0) is 75.9 Å². The van der Waals surface area contributed by atoms with Crippen LogP contribution in [0, 0.1) is 0 Å². The van der Waals surface area contributed by atoms with E-state index in [0.29, 0.717) is 5.56 Å². The average molecular weight is 567 g/mol. The van der Waals surface area contributed by atoms with Crippen molar-refractivity contribution in [2.24, 2.45) is 0 Å². The molecular weight excluding hydrogens is 544 g/mol. The van der Waals surface area contributed by atoms with E-state index in [-0.39, 0.29) is 22.8 Å². The molecule has 0 saturated heterocycles. The number of nitrogens with zero attached hydrogens (tertiary/aromatic N) is 4. The molecule has 0 bridgehead atoms. The molecule has 206 valence electrons. The highest BCUT2D eigenvalue weighted by molar-refractivity contribution is 6.40. The first-order chi connectivity index (χ1) is 21.7. The van der Waals surface area contributed by atoms with E-state index in [0.717, 1.165) is 56.3 Å². The summed E-state index contributed by atoms with van der Waals surface area (Å²) in [6.07, 6.45) is 6.74. The van der Waals surface area contributed by atoms with E-state index in [9.17, 15) is 9.59 Å². The number of carbonyl (C=O) groups excluding carboxylic acids is 2. The van der Waals surface area contributed by atoms with Gasteiger partial charge in [0.2, 0.25) is 5.78 Å². The first kappa shape index (κ1) is 24.6. The van der Waals surface area contributed by atoms with Crippen LogP contribution in [0.2, 0.25) is 0 Å². The SMILES string of the molecule is O=C1/C(=C/c2ccc3c(c2)C2(c4ccccc4-c4ccccc42)c2nccnc2N3c2ccccc2)C(=O)c2ncccc21. The summed E-state index contributed by atoms with van der Waals surface area (Å²) in [6.45, 7) is 0. The van der Waals surface area contributed by atoms with Gasteiger partial charge in [-0.3, -0.25) is 24.5 Å². The Labute approximate surface area is 253 Å². The van der Waals surface area contributed by atoms with E-state index in [1.54, 1.807) is 36.8 Å². The fourth-order valence-electron chi connectivity index (χ4n) is 7.20. The van der Waals surface area contributed by atoms with E-state index in [1.807, 2.05) is 24.3 Å². The van der Waals surface area contributed by atoms with E-state index >= 15 is 0 Å². The molecule has 0 amide bonds. The van der Waals surface area contributed by atoms with Gasteiger partial charge in [0.15, 0.2) is 11.6 Å². The maximum atomic E-state index is 13.3. The number of pyridine rings is 1. The largest absolute Gasteiger partial charge is 0.293 e. The van der Waals surface area contributed by atoms with Gasteiger partial charge in [0.1, 0.15) is 11.4 Å². The zero-order chi connectivity index (χ0) is 29.4. The molecule has 3 heterocycles. The second-order valence-electron chi connectivity index (χ2n) is 11.1. The summed E-state index contributed by atoms with van der Waals surface area (Å²) in [5, 5.41) is 0. The molecule has 3 aliphatic rings. The van der Waals surface area contributed by atoms with Crippen LogP contribution in [0.15, 0.2) is 133 Å². The molecule has 44 heavy (non-hydrogen) atoms. The molecule has 6 aromatic rings. The van der Waals surface area contributed by atoms with Gasteiger partial charge in [-0.25, -0.2) is 4.98 Å². The summed E-state index contributed by atoms with van der Waals surface area (Å²) < 4.78 is 0. The smallest absolute Gasteiger partial charge is 0.216 e. The molecule has 0 unspecified atom stereocenters. The number of ketones is 2. The first-order valence-corrected chi connectivity index (χ1v) is 14.4. The minimum Gasteiger partial charge on any atom is -0.293 e. The van der Waals surface area contributed by atoms with Crippen molar-refractivity contribution in [3.8, 4) is 11.1 Å². The lowest BCUT2D eigenvalue weighted by Crippen LogP contribution is -2.37. The maximum Gasteiger partial charge on any atom is 0.216 e. The number of rotatable bonds is 2. The second-order valence-corrected chi connectivity index (χ2v) is 11.1. The van der Waals surface area contributed by atoms with Crippen molar-refractivity contribution in [2.75, 3.05) is 4.90 Å². The minimum atomic E-state index is -0.778. The van der Waals surface area contributed by atoms with Crippen molar-refractivity contribution in [2.45, 2.75) is 5.41 Å². The normalized spacial score (nSPS) is 16.0. The molecule has 0 atom stereocenters. The quantitative estimate of drug-likeness (QED) is 0.160. The summed E-state index contributed by atoms with van der Waals surface area (Å²) >= 11 is 0. The summed E-state index contributed by atoms with van der Waals surface area (Å²) in [5.74, 6) is 0.104. The summed E-state index contributed by atoms with van der Waals surface area (Å²) in [7, 11) is 0. The Balaban J connectivity index is 1.37. The molecule has 9 rings (SSSR count). The Hall–Kier alpha value is -6.01. The van der Waals surface area contributed by atoms with Crippen LogP contribution < -0.4 is 4.90 Å². The highest BCUT2D eigenvalue weighted by Crippen LogP contribution is 2.62. The number of hydrogen-bond acceptors (Lipinski definition) is 6. The Bertz CT molecular complexity index is 2160. The van der Waals surface area contributed by atoms with Crippen molar-refractivity contribution in [1.29, 1.82) is 0 Å². The third-order valence-corrected chi connectivity index (χ3v) is 8.95. The van der Waals surface area contributed by atoms with E-state index in [1.165, 1.54) is 0 Å². The lowest BCUT2D eigenvalue weighted by Gasteiger charge is -2.43.